The summed E-state index contributed by atoms with van der Waals surface area (Å²) in [6.45, 7) is 1.32. The molecule has 0 aliphatic heterocycles. The molecule has 36 heavy (non-hydrogen) atoms. The van der Waals surface area contributed by atoms with Gasteiger partial charge in [0.1, 0.15) is 17.5 Å². The van der Waals surface area contributed by atoms with E-state index in [0.717, 1.165) is 12.1 Å². The van der Waals surface area contributed by atoms with Crippen molar-refractivity contribution < 1.29 is 41.2 Å². The largest absolute Gasteiger partial charge is 0.513 e. The molecule has 1 N–H and O–H groups in total. The highest BCUT2D eigenvalue weighted by atomic mass is 31.2. The molecule has 1 fully saturated rings. The van der Waals surface area contributed by atoms with Gasteiger partial charge in [-0.3, -0.25) is 14.9 Å². The number of esters is 1. The van der Waals surface area contributed by atoms with Crippen molar-refractivity contribution in [3.63, 3.8) is 0 Å². The van der Waals surface area contributed by atoms with Crippen LogP contribution in [0, 0.1) is 22.0 Å². The lowest BCUT2D eigenvalue weighted by atomic mass is 9.82. The average Bonchev–Trinajstić information content (AvgIpc) is 2.83. The first-order valence-electron chi connectivity index (χ1n) is 11.2. The van der Waals surface area contributed by atoms with Gasteiger partial charge in [0, 0.05) is 12.1 Å². The lowest BCUT2D eigenvalue weighted by Gasteiger charge is -2.29. The molecule has 196 valence electrons. The highest BCUT2D eigenvalue weighted by Crippen LogP contribution is 2.45. The minimum atomic E-state index is -4.24. The van der Waals surface area contributed by atoms with E-state index in [4.69, 9.17) is 13.8 Å². The van der Waals surface area contributed by atoms with Crippen molar-refractivity contribution in [2.75, 3.05) is 6.61 Å². The molecule has 1 saturated carbocycles. The summed E-state index contributed by atoms with van der Waals surface area (Å²) in [5.41, 5.74) is -0.199. The summed E-state index contributed by atoms with van der Waals surface area (Å²) in [6.07, 6.45) is -3.66. The van der Waals surface area contributed by atoms with Crippen molar-refractivity contribution in [3.05, 3.63) is 64.7 Å². The summed E-state index contributed by atoms with van der Waals surface area (Å²) in [7, 11) is -4.24. The summed E-state index contributed by atoms with van der Waals surface area (Å²) >= 11 is 0. The molecule has 1 unspecified atom stereocenters. The maximum Gasteiger partial charge on any atom is 0.513 e. The molecule has 9 nitrogen and oxygen atoms in total. The number of nitrogens with zero attached hydrogens (tertiary/aromatic N) is 1. The van der Waals surface area contributed by atoms with E-state index in [0.29, 0.717) is 0 Å². The van der Waals surface area contributed by atoms with E-state index in [1.807, 2.05) is 0 Å². The maximum absolute atomic E-state index is 13.5. The van der Waals surface area contributed by atoms with Crippen LogP contribution in [0.3, 0.4) is 0 Å². The Morgan fingerprint density at radius 1 is 1.06 bits per heavy atom. The Morgan fingerprint density at radius 2 is 1.61 bits per heavy atom. The standard InChI is InChI=1S/C23H26F3N2O7P/c1-16(22(29)33-15-17-7-9-18(10-8-17)23(24,25)26)27-36(32,34-20-5-3-2-4-6-20)35-21-13-11-19(12-14-21)28(30)31/h2-6,11-14,16-18H,7-10,15H2,1H3,(H,27,32)/t16-,17-,18-,36?/m0/s1. The number of para-hydroxylation sites is 1. The predicted octanol–water partition coefficient (Wildman–Crippen LogP) is 6.05. The average molecular weight is 530 g/mol. The second-order valence-corrected chi connectivity index (χ2v) is 10.1. The molecule has 3 rings (SSSR count). The minimum absolute atomic E-state index is 0.00523. The van der Waals surface area contributed by atoms with Gasteiger partial charge in [-0.1, -0.05) is 18.2 Å². The molecule has 1 aliphatic rings. The van der Waals surface area contributed by atoms with E-state index in [1.54, 1.807) is 18.2 Å². The van der Waals surface area contributed by atoms with Crippen molar-refractivity contribution in [2.24, 2.45) is 11.8 Å². The predicted molar refractivity (Wildman–Crippen MR) is 123 cm³/mol. The summed E-state index contributed by atoms with van der Waals surface area (Å²) in [4.78, 5) is 22.8. The normalized spacial score (nSPS) is 20.6. The van der Waals surface area contributed by atoms with Gasteiger partial charge in [0.2, 0.25) is 0 Å². The molecule has 2 atom stereocenters. The third-order valence-corrected chi connectivity index (χ3v) is 7.32. The number of ether oxygens (including phenoxy) is 1. The van der Waals surface area contributed by atoms with Gasteiger partial charge in [-0.15, -0.1) is 0 Å². The van der Waals surface area contributed by atoms with Crippen LogP contribution in [-0.4, -0.2) is 29.7 Å². The Balaban J connectivity index is 1.62. The highest BCUT2D eigenvalue weighted by molar-refractivity contribution is 7.52. The van der Waals surface area contributed by atoms with Crippen LogP contribution in [-0.2, 0) is 14.1 Å². The van der Waals surface area contributed by atoms with Crippen LogP contribution < -0.4 is 14.1 Å². The zero-order chi connectivity index (χ0) is 26.3. The third-order valence-electron chi connectivity index (χ3n) is 5.72. The summed E-state index contributed by atoms with van der Waals surface area (Å²) < 4.78 is 68.3. The van der Waals surface area contributed by atoms with Crippen molar-refractivity contribution in [3.8, 4) is 11.5 Å². The van der Waals surface area contributed by atoms with Crippen LogP contribution in [0.25, 0.3) is 0 Å². The van der Waals surface area contributed by atoms with Gasteiger partial charge >= 0.3 is 19.9 Å². The minimum Gasteiger partial charge on any atom is -0.464 e. The van der Waals surface area contributed by atoms with Crippen LogP contribution in [0.1, 0.15) is 32.6 Å². The molecule has 0 aromatic heterocycles. The number of carbonyl (C=O) groups is 1. The van der Waals surface area contributed by atoms with Crippen LogP contribution in [0.4, 0.5) is 18.9 Å². The van der Waals surface area contributed by atoms with Gasteiger partial charge in [0.05, 0.1) is 17.4 Å². The first kappa shape index (κ1) is 27.5. The van der Waals surface area contributed by atoms with Crippen molar-refractivity contribution >= 4 is 19.4 Å². The Labute approximate surface area is 205 Å². The van der Waals surface area contributed by atoms with Crippen LogP contribution in [0.2, 0.25) is 0 Å². The molecule has 1 aliphatic carbocycles. The van der Waals surface area contributed by atoms with Gasteiger partial charge < -0.3 is 13.8 Å². The number of carbonyl (C=O) groups excluding carboxylic acids is 1. The fourth-order valence-electron chi connectivity index (χ4n) is 3.73. The molecule has 0 spiro atoms. The van der Waals surface area contributed by atoms with E-state index < -0.39 is 36.8 Å². The Bertz CT molecular complexity index is 1080. The van der Waals surface area contributed by atoms with Crippen LogP contribution in [0.5, 0.6) is 11.5 Å². The smallest absolute Gasteiger partial charge is 0.464 e. The van der Waals surface area contributed by atoms with Gasteiger partial charge in [-0.2, -0.15) is 18.3 Å². The monoisotopic (exact) mass is 530 g/mol. The lowest BCUT2D eigenvalue weighted by molar-refractivity contribution is -0.384. The molecule has 0 saturated heterocycles. The van der Waals surface area contributed by atoms with Crippen molar-refractivity contribution in [1.82, 2.24) is 5.09 Å². The fraction of sp³-hybridized carbons (Fsp3) is 0.435. The van der Waals surface area contributed by atoms with E-state index in [9.17, 15) is 32.6 Å². The molecular formula is C23H26F3N2O7P. The number of nitro groups is 1. The van der Waals surface area contributed by atoms with Gasteiger partial charge in [0.25, 0.3) is 5.69 Å². The number of hydrogen-bond acceptors (Lipinski definition) is 7. The van der Waals surface area contributed by atoms with E-state index in [1.165, 1.54) is 31.2 Å². The number of hydrogen-bond donors (Lipinski definition) is 1. The Kier molecular flexibility index (Phi) is 8.97. The molecular weight excluding hydrogens is 504 g/mol. The topological polar surface area (TPSA) is 117 Å². The zero-order valence-corrected chi connectivity index (χ0v) is 20.2. The van der Waals surface area contributed by atoms with Crippen LogP contribution in [0.15, 0.2) is 54.6 Å². The number of rotatable bonds is 10. The van der Waals surface area contributed by atoms with E-state index in [-0.39, 0.29) is 55.4 Å². The number of nitro benzene ring substituents is 1. The van der Waals surface area contributed by atoms with Gasteiger partial charge in [-0.05, 0) is 62.8 Å². The maximum atomic E-state index is 13.5. The quantitative estimate of drug-likeness (QED) is 0.171. The second-order valence-electron chi connectivity index (χ2n) is 8.48. The van der Waals surface area contributed by atoms with Gasteiger partial charge in [0.15, 0.2) is 0 Å². The highest BCUT2D eigenvalue weighted by Gasteiger charge is 2.41. The number of nitrogens with one attached hydrogen (secondary N) is 1. The van der Waals surface area contributed by atoms with Gasteiger partial charge in [-0.25, -0.2) is 4.57 Å². The zero-order valence-electron chi connectivity index (χ0n) is 19.3. The lowest BCUT2D eigenvalue weighted by Crippen LogP contribution is -2.37. The number of benzene rings is 2. The number of non-ortho nitro benzene ring substituents is 1. The summed E-state index contributed by atoms with van der Waals surface area (Å²) in [5, 5.41) is 13.4. The second kappa shape index (κ2) is 11.7. The van der Waals surface area contributed by atoms with Crippen molar-refractivity contribution in [1.29, 1.82) is 0 Å². The van der Waals surface area contributed by atoms with E-state index >= 15 is 0 Å². The van der Waals surface area contributed by atoms with Crippen molar-refractivity contribution in [2.45, 2.75) is 44.8 Å². The Morgan fingerprint density at radius 3 is 2.14 bits per heavy atom. The summed E-state index contributed by atoms with van der Waals surface area (Å²) in [6, 6.07) is 11.7. The molecule has 0 bridgehead atoms. The van der Waals surface area contributed by atoms with Crippen LogP contribution >= 0.6 is 7.75 Å². The molecule has 13 heteroatoms. The molecule has 0 radical (unpaired) electrons. The number of alkyl halides is 3. The Hall–Kier alpha value is -3.11. The SMILES string of the molecule is C[C@H](NP(=O)(Oc1ccccc1)Oc1ccc([N+](=O)[O-])cc1)C(=O)OC[C@H]1CC[C@H](C(F)(F)F)CC1. The molecule has 2 aromatic rings. The third kappa shape index (κ3) is 7.96. The molecule has 0 amide bonds. The first-order valence-corrected chi connectivity index (χ1v) is 12.8. The van der Waals surface area contributed by atoms with E-state index in [2.05, 4.69) is 5.09 Å². The fourth-order valence-corrected chi connectivity index (χ4v) is 5.25. The molecule has 0 heterocycles. The molecule has 2 aromatic carbocycles. The first-order chi connectivity index (χ1) is 16.9. The summed E-state index contributed by atoms with van der Waals surface area (Å²) in [5.74, 6) is -2.13. The number of halogens is 3.